The monoisotopic (exact) mass is 465 g/mol. The Kier molecular flexibility index (Phi) is 5.47. The number of aromatic nitrogens is 2. The Balaban J connectivity index is 1.55. The first-order valence-electron chi connectivity index (χ1n) is 11.0. The van der Waals surface area contributed by atoms with E-state index in [2.05, 4.69) is 21.6 Å². The summed E-state index contributed by atoms with van der Waals surface area (Å²) in [6.07, 6.45) is 2.22. The molecule has 0 aliphatic heterocycles. The molecule has 0 aliphatic carbocycles. The average molecular weight is 465 g/mol. The Labute approximate surface area is 200 Å². The van der Waals surface area contributed by atoms with E-state index in [1.54, 1.807) is 30.3 Å². The van der Waals surface area contributed by atoms with Crippen molar-refractivity contribution in [2.75, 3.05) is 5.43 Å². The number of hydrogen-bond acceptors (Lipinski definition) is 6. The molecule has 0 saturated carbocycles. The number of rotatable bonds is 6. The highest BCUT2D eigenvalue weighted by Crippen LogP contribution is 2.30. The number of nitriles is 1. The Morgan fingerprint density at radius 1 is 1.20 bits per heavy atom. The van der Waals surface area contributed by atoms with Gasteiger partial charge >= 0.3 is 0 Å². The molecule has 0 unspecified atom stereocenters. The number of anilines is 1. The third-order valence-electron chi connectivity index (χ3n) is 6.02. The van der Waals surface area contributed by atoms with Gasteiger partial charge in [-0.05, 0) is 49.2 Å². The predicted molar refractivity (Wildman–Crippen MR) is 132 cm³/mol. The second-order valence-corrected chi connectivity index (χ2v) is 7.96. The summed E-state index contributed by atoms with van der Waals surface area (Å²) in [5.74, 6) is 1.57. The van der Waals surface area contributed by atoms with Crippen molar-refractivity contribution in [1.82, 2.24) is 4.98 Å². The van der Waals surface area contributed by atoms with E-state index in [4.69, 9.17) is 4.42 Å². The third-order valence-corrected chi connectivity index (χ3v) is 6.02. The fourth-order valence-electron chi connectivity index (χ4n) is 4.38. The number of nitrogens with zero attached hydrogens (tertiary/aromatic N) is 4. The number of aromatic amines is 1. The van der Waals surface area contributed by atoms with Crippen LogP contribution in [0.4, 0.5) is 11.5 Å². The van der Waals surface area contributed by atoms with E-state index in [-0.39, 0.29) is 5.69 Å². The molecule has 5 rings (SSSR count). The number of nitro groups is 1. The first kappa shape index (κ1) is 21.9. The number of nitrogens with one attached hydrogen (secondary N) is 2. The molecular weight excluding hydrogens is 444 g/mol. The standard InChI is InChI=1S/C26H20N6O3/c1-3-18-16(2)20(14-27)25-29-21-9-5-7-11-23(21)31(25)26(18)30-28-15-17-12-13-24(35-17)19-8-4-6-10-22(19)32(33)34/h4-13,15H,3H2,1-2H3,(H,29,30)/p+1. The highest BCUT2D eigenvalue weighted by Gasteiger charge is 2.25. The molecule has 3 aromatic heterocycles. The second-order valence-electron chi connectivity index (χ2n) is 7.96. The first-order valence-corrected chi connectivity index (χ1v) is 11.0. The molecule has 5 aromatic rings. The van der Waals surface area contributed by atoms with Crippen LogP contribution in [0.25, 0.3) is 28.0 Å². The lowest BCUT2D eigenvalue weighted by atomic mass is 10.0. The van der Waals surface area contributed by atoms with Crippen molar-refractivity contribution in [2.45, 2.75) is 20.3 Å². The number of imidazole rings is 1. The zero-order valence-electron chi connectivity index (χ0n) is 19.1. The van der Waals surface area contributed by atoms with Crippen molar-refractivity contribution in [2.24, 2.45) is 5.10 Å². The maximum absolute atomic E-state index is 11.3. The summed E-state index contributed by atoms with van der Waals surface area (Å²) in [6.45, 7) is 3.97. The highest BCUT2D eigenvalue weighted by atomic mass is 16.6. The van der Waals surface area contributed by atoms with E-state index in [0.717, 1.165) is 28.0 Å². The van der Waals surface area contributed by atoms with Gasteiger partial charge in [-0.2, -0.15) is 15.1 Å². The van der Waals surface area contributed by atoms with Crippen LogP contribution in [-0.2, 0) is 6.42 Å². The maximum Gasteiger partial charge on any atom is 0.280 e. The number of fused-ring (bicyclic) bond motifs is 3. The van der Waals surface area contributed by atoms with Crippen LogP contribution in [0.5, 0.6) is 0 Å². The summed E-state index contributed by atoms with van der Waals surface area (Å²) < 4.78 is 7.78. The van der Waals surface area contributed by atoms with E-state index in [0.29, 0.717) is 34.7 Å². The predicted octanol–water partition coefficient (Wildman–Crippen LogP) is 5.26. The number of para-hydroxylation sites is 3. The summed E-state index contributed by atoms with van der Waals surface area (Å²) in [7, 11) is 0. The Bertz CT molecular complexity index is 1670. The SMILES string of the molecule is CCc1c(C)c(C#N)c2[nH]c3ccccc3[n+]2c1NN=Cc1ccc(-c2ccccc2[N+](=O)[O-])o1. The van der Waals surface area contributed by atoms with Crippen molar-refractivity contribution >= 4 is 34.4 Å². The molecule has 0 saturated heterocycles. The zero-order chi connectivity index (χ0) is 24.5. The van der Waals surface area contributed by atoms with Crippen molar-refractivity contribution < 1.29 is 13.7 Å². The minimum absolute atomic E-state index is 0.0257. The Hall–Kier alpha value is -4.97. The number of hydrazone groups is 1. The summed E-state index contributed by atoms with van der Waals surface area (Å²) in [5, 5.41) is 25.6. The molecular formula is C26H21N6O3+. The molecule has 35 heavy (non-hydrogen) atoms. The molecule has 0 radical (unpaired) electrons. The van der Waals surface area contributed by atoms with Crippen LogP contribution in [0.1, 0.15) is 29.4 Å². The molecule has 9 heteroatoms. The minimum atomic E-state index is -0.434. The molecule has 0 amide bonds. The van der Waals surface area contributed by atoms with E-state index in [1.165, 1.54) is 12.3 Å². The van der Waals surface area contributed by atoms with E-state index < -0.39 is 4.92 Å². The van der Waals surface area contributed by atoms with Gasteiger partial charge in [-0.3, -0.25) is 15.1 Å². The van der Waals surface area contributed by atoms with Crippen LogP contribution in [0, 0.1) is 28.4 Å². The molecule has 172 valence electrons. The van der Waals surface area contributed by atoms with Gasteiger partial charge in [0.25, 0.3) is 11.5 Å². The van der Waals surface area contributed by atoms with Gasteiger partial charge in [0, 0.05) is 11.6 Å². The lowest BCUT2D eigenvalue weighted by Gasteiger charge is -2.10. The lowest BCUT2D eigenvalue weighted by Crippen LogP contribution is -2.28. The Morgan fingerprint density at radius 3 is 2.74 bits per heavy atom. The number of hydrogen-bond donors (Lipinski definition) is 2. The van der Waals surface area contributed by atoms with Crippen molar-refractivity contribution in [3.8, 4) is 17.4 Å². The molecule has 0 bridgehead atoms. The molecule has 2 N–H and O–H groups in total. The van der Waals surface area contributed by atoms with Gasteiger partial charge in [0.1, 0.15) is 40.4 Å². The van der Waals surface area contributed by atoms with Gasteiger partial charge in [0.2, 0.25) is 5.65 Å². The van der Waals surface area contributed by atoms with Crippen molar-refractivity contribution in [3.63, 3.8) is 0 Å². The van der Waals surface area contributed by atoms with Crippen molar-refractivity contribution in [3.05, 3.63) is 93.2 Å². The lowest BCUT2D eigenvalue weighted by molar-refractivity contribution is -0.465. The van der Waals surface area contributed by atoms with Gasteiger partial charge in [0.15, 0.2) is 0 Å². The highest BCUT2D eigenvalue weighted by molar-refractivity contribution is 5.80. The smallest absolute Gasteiger partial charge is 0.280 e. The van der Waals surface area contributed by atoms with Gasteiger partial charge in [-0.25, -0.2) is 0 Å². The van der Waals surface area contributed by atoms with Gasteiger partial charge in [-0.15, -0.1) is 5.10 Å². The molecule has 0 aliphatic rings. The quantitative estimate of drug-likeness (QED) is 0.153. The van der Waals surface area contributed by atoms with Crippen molar-refractivity contribution in [1.29, 1.82) is 5.26 Å². The molecule has 9 nitrogen and oxygen atoms in total. The van der Waals surface area contributed by atoms with Crippen LogP contribution < -0.4 is 9.83 Å². The summed E-state index contributed by atoms with van der Waals surface area (Å²) in [6, 6.07) is 20.0. The van der Waals surface area contributed by atoms with E-state index >= 15 is 0 Å². The Morgan fingerprint density at radius 2 is 1.97 bits per heavy atom. The van der Waals surface area contributed by atoms with E-state index in [1.807, 2.05) is 42.5 Å². The summed E-state index contributed by atoms with van der Waals surface area (Å²) in [4.78, 5) is 14.3. The average Bonchev–Trinajstić information content (AvgIpc) is 3.49. The number of pyridine rings is 1. The zero-order valence-corrected chi connectivity index (χ0v) is 19.1. The van der Waals surface area contributed by atoms with Crippen LogP contribution >= 0.6 is 0 Å². The minimum Gasteiger partial charge on any atom is -0.455 e. The molecule has 3 heterocycles. The van der Waals surface area contributed by atoms with Crippen LogP contribution in [0.15, 0.2) is 70.2 Å². The maximum atomic E-state index is 11.3. The number of H-pyrrole nitrogens is 1. The fourth-order valence-corrected chi connectivity index (χ4v) is 4.38. The summed E-state index contributed by atoms with van der Waals surface area (Å²) >= 11 is 0. The second kappa shape index (κ2) is 8.76. The third kappa shape index (κ3) is 3.67. The molecule has 2 aromatic carbocycles. The number of nitro benzene ring substituents is 1. The first-order chi connectivity index (χ1) is 17.0. The van der Waals surface area contributed by atoms with Gasteiger partial charge in [0.05, 0.1) is 10.5 Å². The molecule has 0 spiro atoms. The van der Waals surface area contributed by atoms with E-state index in [9.17, 15) is 15.4 Å². The largest absolute Gasteiger partial charge is 0.455 e. The molecule has 0 fully saturated rings. The van der Waals surface area contributed by atoms with Crippen LogP contribution in [0.2, 0.25) is 0 Å². The topological polar surface area (TPSA) is 124 Å². The van der Waals surface area contributed by atoms with Gasteiger partial charge < -0.3 is 4.42 Å². The van der Waals surface area contributed by atoms with Crippen LogP contribution in [0.3, 0.4) is 0 Å². The normalized spacial score (nSPS) is 11.3. The summed E-state index contributed by atoms with van der Waals surface area (Å²) in [5.41, 5.74) is 8.48. The van der Waals surface area contributed by atoms with Crippen LogP contribution in [-0.4, -0.2) is 16.1 Å². The number of benzene rings is 2. The fraction of sp³-hybridized carbons (Fsp3) is 0.115. The van der Waals surface area contributed by atoms with Gasteiger partial charge in [-0.1, -0.05) is 31.2 Å². The molecule has 0 atom stereocenters. The number of furan rings is 1.